The molecule has 2 rings (SSSR count). The summed E-state index contributed by atoms with van der Waals surface area (Å²) in [4.78, 5) is 15.8. The zero-order valence-electron chi connectivity index (χ0n) is 11.8. The van der Waals surface area contributed by atoms with Crippen molar-refractivity contribution in [3.63, 3.8) is 0 Å². The zero-order chi connectivity index (χ0) is 16.8. The molecule has 0 amide bonds. The van der Waals surface area contributed by atoms with Gasteiger partial charge in [0, 0.05) is 19.2 Å². The van der Waals surface area contributed by atoms with Crippen molar-refractivity contribution in [2.24, 2.45) is 0 Å². The molecule has 0 saturated carbocycles. The van der Waals surface area contributed by atoms with Crippen LogP contribution in [0.5, 0.6) is 0 Å². The highest BCUT2D eigenvalue weighted by Crippen LogP contribution is 2.14. The number of carbonyl (C=O) groups is 1. The molecule has 0 fully saturated rings. The van der Waals surface area contributed by atoms with Gasteiger partial charge in [-0.25, -0.2) is 13.8 Å². The molecule has 0 bridgehead atoms. The maximum Gasteiger partial charge on any atom is 0.171 e. The summed E-state index contributed by atoms with van der Waals surface area (Å²) < 4.78 is 26.9. The Morgan fingerprint density at radius 3 is 2.52 bits per heavy atom. The van der Waals surface area contributed by atoms with Crippen LogP contribution >= 0.6 is 23.8 Å². The monoisotopic (exact) mass is 355 g/mol. The van der Waals surface area contributed by atoms with Gasteiger partial charge >= 0.3 is 0 Å². The van der Waals surface area contributed by atoms with Crippen LogP contribution in [-0.4, -0.2) is 22.4 Å². The fraction of sp³-hybridized carbons (Fsp3) is 0.133. The Kier molecular flexibility index (Phi) is 5.95. The fourth-order valence-corrected chi connectivity index (χ4v) is 2.11. The molecule has 0 unspecified atom stereocenters. The summed E-state index contributed by atoms with van der Waals surface area (Å²) in [5.74, 6) is -1.90. The fourth-order valence-electron chi connectivity index (χ4n) is 1.79. The van der Waals surface area contributed by atoms with Gasteiger partial charge in [0.25, 0.3) is 0 Å². The first kappa shape index (κ1) is 17.2. The third-order valence-electron chi connectivity index (χ3n) is 2.85. The number of benzene rings is 1. The summed E-state index contributed by atoms with van der Waals surface area (Å²) in [5.41, 5.74) is -0.535. The van der Waals surface area contributed by atoms with Crippen LogP contribution in [0.15, 0.2) is 36.5 Å². The number of carbonyl (C=O) groups excluding carboxylic acids is 1. The summed E-state index contributed by atoms with van der Waals surface area (Å²) in [5, 5.41) is 6.29. The van der Waals surface area contributed by atoms with Crippen LogP contribution in [0.3, 0.4) is 0 Å². The zero-order valence-corrected chi connectivity index (χ0v) is 13.3. The van der Waals surface area contributed by atoms with Crippen molar-refractivity contribution in [2.45, 2.75) is 6.42 Å². The number of hydrogen-bond acceptors (Lipinski definition) is 3. The number of aromatic nitrogens is 1. The summed E-state index contributed by atoms with van der Waals surface area (Å²) in [6, 6.07) is 6.57. The Balaban J connectivity index is 1.83. The number of hydrogen-bond donors (Lipinski definition) is 2. The second-order valence-corrected chi connectivity index (χ2v) is 5.36. The quantitative estimate of drug-likeness (QED) is 0.634. The van der Waals surface area contributed by atoms with Crippen LogP contribution in [0.2, 0.25) is 5.02 Å². The summed E-state index contributed by atoms with van der Waals surface area (Å²) in [6.07, 6.45) is 1.35. The number of Topliss-reactive ketones (excluding diaryl/α,β-unsaturated/α-hetero) is 1. The molecule has 0 spiro atoms. The molecule has 0 radical (unpaired) electrons. The minimum atomic E-state index is -0.874. The van der Waals surface area contributed by atoms with E-state index in [9.17, 15) is 13.6 Å². The minimum Gasteiger partial charge on any atom is -0.362 e. The molecule has 8 heteroatoms. The second kappa shape index (κ2) is 7.94. The van der Waals surface area contributed by atoms with E-state index in [4.69, 9.17) is 23.8 Å². The number of nitrogens with one attached hydrogen (secondary N) is 2. The van der Waals surface area contributed by atoms with Crippen molar-refractivity contribution in [3.8, 4) is 0 Å². The number of halogens is 3. The maximum absolute atomic E-state index is 13.5. The first-order valence-electron chi connectivity index (χ1n) is 6.61. The van der Waals surface area contributed by atoms with Crippen molar-refractivity contribution in [2.75, 3.05) is 11.9 Å². The molecule has 120 valence electrons. The smallest absolute Gasteiger partial charge is 0.171 e. The van der Waals surface area contributed by atoms with E-state index in [0.717, 1.165) is 12.1 Å². The van der Waals surface area contributed by atoms with Crippen molar-refractivity contribution in [1.29, 1.82) is 0 Å². The van der Waals surface area contributed by atoms with Gasteiger partial charge in [0.2, 0.25) is 0 Å². The van der Waals surface area contributed by atoms with Crippen molar-refractivity contribution in [3.05, 3.63) is 58.7 Å². The Morgan fingerprint density at radius 1 is 1.22 bits per heavy atom. The first-order chi connectivity index (χ1) is 11.0. The van der Waals surface area contributed by atoms with E-state index < -0.39 is 23.0 Å². The van der Waals surface area contributed by atoms with Crippen LogP contribution in [0.1, 0.15) is 16.8 Å². The second-order valence-electron chi connectivity index (χ2n) is 4.51. The number of anilines is 1. The Morgan fingerprint density at radius 2 is 1.91 bits per heavy atom. The number of rotatable bonds is 5. The number of ketones is 1. The van der Waals surface area contributed by atoms with Crippen LogP contribution in [0.4, 0.5) is 14.6 Å². The van der Waals surface area contributed by atoms with Crippen LogP contribution in [-0.2, 0) is 0 Å². The Hall–Kier alpha value is -2.12. The standard InChI is InChI=1S/C15H12ClF2N3OS/c16-9-4-5-13(20-8-9)21-15(23)19-7-6-12(22)14-10(17)2-1-3-11(14)18/h1-5,8H,6-7H2,(H2,19,20,21,23). The molecule has 1 aromatic heterocycles. The van der Waals surface area contributed by atoms with Gasteiger partial charge in [0.15, 0.2) is 10.9 Å². The van der Waals surface area contributed by atoms with Gasteiger partial charge in [0.05, 0.1) is 10.6 Å². The molecular weight excluding hydrogens is 344 g/mol. The van der Waals surface area contributed by atoms with E-state index in [-0.39, 0.29) is 18.1 Å². The summed E-state index contributed by atoms with van der Waals surface area (Å²) in [7, 11) is 0. The van der Waals surface area contributed by atoms with Crippen LogP contribution in [0.25, 0.3) is 0 Å². The molecule has 0 atom stereocenters. The highest BCUT2D eigenvalue weighted by atomic mass is 35.5. The average molecular weight is 356 g/mol. The van der Waals surface area contributed by atoms with Crippen molar-refractivity contribution >= 4 is 40.5 Å². The topological polar surface area (TPSA) is 54.0 Å². The molecule has 0 aliphatic rings. The normalized spacial score (nSPS) is 10.2. The van der Waals surface area contributed by atoms with E-state index in [1.165, 1.54) is 12.3 Å². The largest absolute Gasteiger partial charge is 0.362 e. The van der Waals surface area contributed by atoms with Gasteiger partial charge in [-0.15, -0.1) is 0 Å². The number of nitrogens with zero attached hydrogens (tertiary/aromatic N) is 1. The molecule has 0 saturated heterocycles. The SMILES string of the molecule is O=C(CCNC(=S)Nc1ccc(Cl)cn1)c1c(F)cccc1F. The predicted molar refractivity (Wildman–Crippen MR) is 88.8 cm³/mol. The van der Waals surface area contributed by atoms with Gasteiger partial charge in [-0.3, -0.25) is 4.79 Å². The van der Waals surface area contributed by atoms with Gasteiger partial charge in [0.1, 0.15) is 17.5 Å². The molecule has 4 nitrogen and oxygen atoms in total. The molecule has 2 N–H and O–H groups in total. The number of pyridine rings is 1. The molecular formula is C15H12ClF2N3OS. The number of thiocarbonyl (C=S) groups is 1. The van der Waals surface area contributed by atoms with Crippen molar-refractivity contribution in [1.82, 2.24) is 10.3 Å². The lowest BCUT2D eigenvalue weighted by molar-refractivity contribution is 0.0976. The first-order valence-corrected chi connectivity index (χ1v) is 7.39. The van der Waals surface area contributed by atoms with Crippen LogP contribution in [0, 0.1) is 11.6 Å². The van der Waals surface area contributed by atoms with E-state index >= 15 is 0 Å². The highest BCUT2D eigenvalue weighted by Gasteiger charge is 2.16. The molecule has 0 aliphatic heterocycles. The van der Waals surface area contributed by atoms with Crippen molar-refractivity contribution < 1.29 is 13.6 Å². The summed E-state index contributed by atoms with van der Waals surface area (Å²) in [6.45, 7) is 0.131. The van der Waals surface area contributed by atoms with Gasteiger partial charge < -0.3 is 10.6 Å². The van der Waals surface area contributed by atoms with E-state index in [1.807, 2.05) is 0 Å². The average Bonchev–Trinajstić information content (AvgIpc) is 2.49. The van der Waals surface area contributed by atoms with Gasteiger partial charge in [-0.05, 0) is 36.5 Å². The van der Waals surface area contributed by atoms with Crippen LogP contribution < -0.4 is 10.6 Å². The van der Waals surface area contributed by atoms with E-state index in [1.54, 1.807) is 12.1 Å². The molecule has 2 aromatic rings. The third-order valence-corrected chi connectivity index (χ3v) is 3.32. The summed E-state index contributed by atoms with van der Waals surface area (Å²) >= 11 is 10.7. The van der Waals surface area contributed by atoms with Gasteiger partial charge in [-0.2, -0.15) is 0 Å². The lowest BCUT2D eigenvalue weighted by Gasteiger charge is -2.10. The minimum absolute atomic E-state index is 0.103. The predicted octanol–water partition coefficient (Wildman–Crippen LogP) is 3.57. The molecule has 0 aliphatic carbocycles. The maximum atomic E-state index is 13.5. The van der Waals surface area contributed by atoms with E-state index in [0.29, 0.717) is 10.8 Å². The Labute approximate surface area is 141 Å². The van der Waals surface area contributed by atoms with E-state index in [2.05, 4.69) is 15.6 Å². The molecule has 23 heavy (non-hydrogen) atoms. The Bertz CT molecular complexity index is 705. The highest BCUT2D eigenvalue weighted by molar-refractivity contribution is 7.80. The molecule has 1 aromatic carbocycles. The van der Waals surface area contributed by atoms with Gasteiger partial charge in [-0.1, -0.05) is 17.7 Å². The molecule has 1 heterocycles. The third kappa shape index (κ3) is 4.94. The lowest BCUT2D eigenvalue weighted by Crippen LogP contribution is -2.30. The lowest BCUT2D eigenvalue weighted by atomic mass is 10.1.